The van der Waals surface area contributed by atoms with Crippen LogP contribution in [0.3, 0.4) is 0 Å². The number of benzene rings is 3. The van der Waals surface area contributed by atoms with Gasteiger partial charge in [-0.1, -0.05) is 58.0 Å². The highest BCUT2D eigenvalue weighted by atomic mass is 19.3. The number of carbonyl (C=O) groups is 4. The molecule has 0 saturated carbocycles. The molecule has 4 atom stereocenters. The van der Waals surface area contributed by atoms with E-state index in [9.17, 15) is 19.2 Å². The van der Waals surface area contributed by atoms with Crippen molar-refractivity contribution in [1.82, 2.24) is 40.0 Å². The number of alkyl carbamates (subject to hydrolysis) is 1. The summed E-state index contributed by atoms with van der Waals surface area (Å²) in [7, 11) is 4.10. The third kappa shape index (κ3) is 7.42. The minimum atomic E-state index is -3.29. The minimum absolute atomic E-state index is 0.0880. The maximum Gasteiger partial charge on any atom is 0.409 e. The number of nitrogens with zero attached hydrogens (tertiary/aromatic N) is 5. The van der Waals surface area contributed by atoms with Crippen LogP contribution in [0.4, 0.5) is 18.4 Å². The number of likely N-dealkylation sites (N-methyl/N-ethyl adjacent to an activating group) is 1. The molecule has 0 radical (unpaired) electrons. The van der Waals surface area contributed by atoms with Gasteiger partial charge < -0.3 is 34.6 Å². The molecule has 14 nitrogen and oxygen atoms in total. The van der Waals surface area contributed by atoms with Crippen molar-refractivity contribution in [3.8, 4) is 33.5 Å². The van der Waals surface area contributed by atoms with Crippen LogP contribution in [0.5, 0.6) is 0 Å². The number of nitrogens with one attached hydrogen (secondary N) is 3. The molecule has 62 heavy (non-hydrogen) atoms. The number of fused-ring (bicyclic) bond motifs is 4. The molecule has 2 aromatic heterocycles. The molecule has 5 aromatic rings. The van der Waals surface area contributed by atoms with E-state index in [4.69, 9.17) is 14.5 Å². The molecule has 16 heteroatoms. The van der Waals surface area contributed by atoms with E-state index < -0.39 is 30.2 Å². The molecule has 2 fully saturated rings. The summed E-state index contributed by atoms with van der Waals surface area (Å²) < 4.78 is 42.7. The lowest BCUT2D eigenvalue weighted by atomic mass is 9.98. The summed E-state index contributed by atoms with van der Waals surface area (Å²) in [5, 5.41) is 2.67. The van der Waals surface area contributed by atoms with Gasteiger partial charge in [0.15, 0.2) is 0 Å². The Labute approximate surface area is 358 Å². The average molecular weight is 851 g/mol. The van der Waals surface area contributed by atoms with E-state index in [-0.39, 0.29) is 46.9 Å². The number of aromatic nitrogens is 4. The van der Waals surface area contributed by atoms with Gasteiger partial charge in [0.1, 0.15) is 23.7 Å². The van der Waals surface area contributed by atoms with Crippen molar-refractivity contribution in [2.24, 2.45) is 11.8 Å². The SMILES string of the molecule is COC(=O)N[C@H](C(=O)N1CCC[C@H]1c1nc2ccc(-c3ccc4c(c3)C(F)(F)c3cc(-c5cnc([C@@H]6CCCN6C(=O)[C@H](C(C)C)N(C)C(=O)OC)[nH]5)ccc3-4)cc2[nH]1)C(C)C. The monoisotopic (exact) mass is 850 g/mol. The van der Waals surface area contributed by atoms with Crippen LogP contribution in [0, 0.1) is 11.8 Å². The molecule has 4 amide bonds. The Bertz CT molecular complexity index is 2550. The van der Waals surface area contributed by atoms with Crippen LogP contribution in [0.15, 0.2) is 60.8 Å². The maximum absolute atomic E-state index is 16.5. The third-order valence-electron chi connectivity index (χ3n) is 12.6. The van der Waals surface area contributed by atoms with Gasteiger partial charge in [-0.2, -0.15) is 8.78 Å². The number of halogens is 2. The lowest BCUT2D eigenvalue weighted by molar-refractivity contribution is -0.138. The molecular weight excluding hydrogens is 799 g/mol. The number of alkyl halides is 2. The number of aromatic amines is 2. The number of amides is 4. The average Bonchev–Trinajstić information content (AvgIpc) is 4.11. The quantitative estimate of drug-likeness (QED) is 0.127. The van der Waals surface area contributed by atoms with Crippen molar-refractivity contribution < 1.29 is 37.4 Å². The summed E-state index contributed by atoms with van der Waals surface area (Å²) in [6.45, 7) is 8.51. The molecule has 8 rings (SSSR count). The molecule has 0 spiro atoms. The molecule has 2 saturated heterocycles. The largest absolute Gasteiger partial charge is 0.453 e. The van der Waals surface area contributed by atoms with E-state index in [1.165, 1.54) is 25.2 Å². The van der Waals surface area contributed by atoms with Crippen LogP contribution in [-0.4, -0.2) is 105 Å². The van der Waals surface area contributed by atoms with Gasteiger partial charge >= 0.3 is 12.2 Å². The van der Waals surface area contributed by atoms with Crippen molar-refractivity contribution >= 4 is 35.0 Å². The van der Waals surface area contributed by atoms with E-state index in [0.29, 0.717) is 76.6 Å². The normalized spacial score (nSPS) is 18.8. The van der Waals surface area contributed by atoms with Gasteiger partial charge in [-0.15, -0.1) is 0 Å². The van der Waals surface area contributed by atoms with Crippen molar-refractivity contribution in [3.05, 3.63) is 83.6 Å². The lowest BCUT2D eigenvalue weighted by Crippen LogP contribution is -2.51. The molecule has 3 aromatic carbocycles. The highest BCUT2D eigenvalue weighted by molar-refractivity contribution is 5.89. The fraction of sp³-hybridized carbons (Fsp3) is 0.435. The third-order valence-corrected chi connectivity index (χ3v) is 12.6. The maximum atomic E-state index is 16.5. The van der Waals surface area contributed by atoms with Gasteiger partial charge in [-0.25, -0.2) is 19.6 Å². The first-order valence-electron chi connectivity index (χ1n) is 21.1. The van der Waals surface area contributed by atoms with Gasteiger partial charge in [0.2, 0.25) is 11.8 Å². The zero-order valence-corrected chi connectivity index (χ0v) is 35.9. The summed E-state index contributed by atoms with van der Waals surface area (Å²) in [6.07, 6.45) is 3.23. The number of imidazole rings is 2. The predicted octanol–water partition coefficient (Wildman–Crippen LogP) is 8.17. The van der Waals surface area contributed by atoms with Crippen molar-refractivity contribution in [3.63, 3.8) is 0 Å². The van der Waals surface area contributed by atoms with Crippen LogP contribution in [0.2, 0.25) is 0 Å². The van der Waals surface area contributed by atoms with Crippen LogP contribution >= 0.6 is 0 Å². The topological polar surface area (TPSA) is 166 Å². The lowest BCUT2D eigenvalue weighted by Gasteiger charge is -2.34. The summed E-state index contributed by atoms with van der Waals surface area (Å²) in [6, 6.07) is 13.6. The van der Waals surface area contributed by atoms with Crippen LogP contribution in [-0.2, 0) is 25.0 Å². The van der Waals surface area contributed by atoms with E-state index >= 15 is 8.78 Å². The van der Waals surface area contributed by atoms with Crippen molar-refractivity contribution in [1.29, 1.82) is 0 Å². The Morgan fingerprint density at radius 2 is 1.39 bits per heavy atom. The first-order valence-corrected chi connectivity index (χ1v) is 21.1. The van der Waals surface area contributed by atoms with Gasteiger partial charge in [0.25, 0.3) is 5.92 Å². The molecule has 1 aliphatic carbocycles. The fourth-order valence-corrected chi connectivity index (χ4v) is 9.42. The molecule has 3 aliphatic rings. The van der Waals surface area contributed by atoms with Gasteiger partial charge in [-0.3, -0.25) is 14.5 Å². The summed E-state index contributed by atoms with van der Waals surface area (Å²) >= 11 is 0. The summed E-state index contributed by atoms with van der Waals surface area (Å²) in [5.41, 5.74) is 4.55. The number of methoxy groups -OCH3 is 2. The Balaban J connectivity index is 1.01. The summed E-state index contributed by atoms with van der Waals surface area (Å²) in [4.78, 5) is 72.9. The van der Waals surface area contributed by atoms with Crippen LogP contribution in [0.1, 0.15) is 88.2 Å². The number of hydrogen-bond acceptors (Lipinski definition) is 8. The van der Waals surface area contributed by atoms with E-state index in [0.717, 1.165) is 18.4 Å². The predicted molar refractivity (Wildman–Crippen MR) is 228 cm³/mol. The minimum Gasteiger partial charge on any atom is -0.453 e. The highest BCUT2D eigenvalue weighted by Crippen LogP contribution is 2.53. The number of rotatable bonds is 10. The Hall–Kier alpha value is -6.32. The summed E-state index contributed by atoms with van der Waals surface area (Å²) in [5.74, 6) is -2.85. The Morgan fingerprint density at radius 3 is 2.02 bits per heavy atom. The van der Waals surface area contributed by atoms with E-state index in [1.54, 1.807) is 47.3 Å². The number of likely N-dealkylation sites (tertiary alicyclic amines) is 2. The second-order valence-electron chi connectivity index (χ2n) is 17.1. The highest BCUT2D eigenvalue weighted by Gasteiger charge is 2.45. The molecule has 0 bridgehead atoms. The van der Waals surface area contributed by atoms with Gasteiger partial charge in [-0.05, 0) is 84.0 Å². The van der Waals surface area contributed by atoms with Crippen LogP contribution < -0.4 is 5.32 Å². The van der Waals surface area contributed by atoms with Crippen molar-refractivity contribution in [2.45, 2.75) is 83.5 Å². The second-order valence-corrected chi connectivity index (χ2v) is 17.1. The number of carbonyl (C=O) groups excluding carboxylic acids is 4. The number of H-pyrrole nitrogens is 2. The molecule has 2 aliphatic heterocycles. The first-order chi connectivity index (χ1) is 29.6. The standard InChI is InChI=1S/C46H52F2N8O6/c1-24(2)38(53-44(59)61-6)42(57)55-18-9-11-37(55)41-50-33-17-14-27(22-34(33)51-41)26-12-15-29-30-16-13-28(21-32(30)46(47,48)31(29)20-26)35-23-49-40(52-35)36-10-8-19-56(36)43(58)39(25(3)4)54(5)45(60)62-7/h12-17,20-25,36-39H,8-11,18-19H2,1-7H3,(H,49,52)(H,50,51)(H,53,59)/t36-,37-,38-,39-/m0/s1. The van der Waals surface area contributed by atoms with E-state index in [2.05, 4.69) is 20.3 Å². The molecule has 326 valence electrons. The molecule has 3 N–H and O–H groups in total. The van der Waals surface area contributed by atoms with Gasteiger partial charge in [0, 0.05) is 36.8 Å². The second kappa shape index (κ2) is 16.5. The zero-order chi connectivity index (χ0) is 44.2. The molecule has 4 heterocycles. The Kier molecular flexibility index (Phi) is 11.3. The van der Waals surface area contributed by atoms with Crippen molar-refractivity contribution in [2.75, 3.05) is 34.4 Å². The van der Waals surface area contributed by atoms with Gasteiger partial charge in [0.05, 0.1) is 49.2 Å². The molecule has 0 unspecified atom stereocenters. The fourth-order valence-electron chi connectivity index (χ4n) is 9.42. The smallest absolute Gasteiger partial charge is 0.409 e. The molecular formula is C46H52F2N8O6. The number of hydrogen-bond donors (Lipinski definition) is 3. The zero-order valence-electron chi connectivity index (χ0n) is 35.9. The number of ether oxygens (including phenoxy) is 2. The Morgan fingerprint density at radius 1 is 0.790 bits per heavy atom. The van der Waals surface area contributed by atoms with Crippen LogP contribution in [0.25, 0.3) is 44.5 Å². The first kappa shape index (κ1) is 42.4. The van der Waals surface area contributed by atoms with E-state index in [1.807, 2.05) is 52.0 Å².